The molecule has 4 N–H and O–H groups in total. The summed E-state index contributed by atoms with van der Waals surface area (Å²) in [5.74, 6) is 3.92. The van der Waals surface area contributed by atoms with Gasteiger partial charge in [-0.25, -0.2) is 0 Å². The second-order valence-electron chi connectivity index (χ2n) is 12.1. The van der Waals surface area contributed by atoms with Gasteiger partial charge in [0.2, 0.25) is 0 Å². The van der Waals surface area contributed by atoms with Crippen LogP contribution < -0.4 is 20.9 Å². The van der Waals surface area contributed by atoms with E-state index >= 15 is 0 Å². The van der Waals surface area contributed by atoms with Crippen LogP contribution in [0.4, 0.5) is 0 Å². The fraction of sp³-hybridized carbons (Fsp3) is 0.769. The van der Waals surface area contributed by atoms with Crippen LogP contribution >= 0.6 is 0 Å². The summed E-state index contributed by atoms with van der Waals surface area (Å²) in [5.41, 5.74) is 12.9. The third-order valence-corrected chi connectivity index (χ3v) is 10.4. The molecule has 6 aliphatic carbocycles. The summed E-state index contributed by atoms with van der Waals surface area (Å²) in [7, 11) is 0. The summed E-state index contributed by atoms with van der Waals surface area (Å²) >= 11 is 0. The number of hydrogen-bond acceptors (Lipinski definition) is 4. The van der Waals surface area contributed by atoms with Crippen LogP contribution in [-0.2, 0) is 0 Å². The Kier molecular flexibility index (Phi) is 4.24. The molecule has 8 atom stereocenters. The van der Waals surface area contributed by atoms with E-state index in [0.29, 0.717) is 35.8 Å². The largest absolute Gasteiger partial charge is 0.486 e. The molecule has 0 aromatic heterocycles. The van der Waals surface area contributed by atoms with Crippen molar-refractivity contribution in [2.75, 3.05) is 0 Å². The van der Waals surface area contributed by atoms with Gasteiger partial charge in [0, 0.05) is 22.9 Å². The molecule has 166 valence electrons. The second-order valence-corrected chi connectivity index (χ2v) is 12.1. The molecule has 0 spiro atoms. The Labute approximate surface area is 182 Å². The number of rotatable bonds is 4. The van der Waals surface area contributed by atoms with Gasteiger partial charge in [0.1, 0.15) is 22.7 Å². The third-order valence-electron chi connectivity index (χ3n) is 10.4. The monoisotopic (exact) mass is 412 g/mol. The van der Waals surface area contributed by atoms with Crippen molar-refractivity contribution in [3.63, 3.8) is 0 Å². The van der Waals surface area contributed by atoms with Gasteiger partial charge in [-0.15, -0.1) is 0 Å². The van der Waals surface area contributed by atoms with Gasteiger partial charge in [-0.05, 0) is 73.6 Å². The van der Waals surface area contributed by atoms with Crippen molar-refractivity contribution in [3.8, 4) is 11.5 Å². The molecule has 1 aromatic carbocycles. The molecule has 0 radical (unpaired) electrons. The Hall–Kier alpha value is -1.26. The van der Waals surface area contributed by atoms with Crippen LogP contribution in [0.2, 0.25) is 0 Å². The van der Waals surface area contributed by atoms with E-state index in [1.165, 1.54) is 0 Å². The smallest absolute Gasteiger partial charge is 0.120 e. The molecule has 0 saturated heterocycles. The Morgan fingerprint density at radius 1 is 0.700 bits per heavy atom. The summed E-state index contributed by atoms with van der Waals surface area (Å²) < 4.78 is 13.4. The predicted molar refractivity (Wildman–Crippen MR) is 120 cm³/mol. The van der Waals surface area contributed by atoms with Crippen LogP contribution in [0.3, 0.4) is 0 Å². The summed E-state index contributed by atoms with van der Waals surface area (Å²) in [4.78, 5) is 0. The van der Waals surface area contributed by atoms with Gasteiger partial charge in [0.25, 0.3) is 0 Å². The molecule has 6 aliphatic rings. The van der Waals surface area contributed by atoms with Crippen molar-refractivity contribution >= 4 is 0 Å². The fourth-order valence-electron chi connectivity index (χ4n) is 8.17. The molecule has 1 aromatic rings. The van der Waals surface area contributed by atoms with E-state index in [0.717, 1.165) is 37.2 Å². The van der Waals surface area contributed by atoms with Gasteiger partial charge in [0.05, 0.1) is 0 Å². The van der Waals surface area contributed by atoms with Gasteiger partial charge in [-0.3, -0.25) is 0 Å². The molecule has 0 amide bonds. The first-order valence-electron chi connectivity index (χ1n) is 11.9. The van der Waals surface area contributed by atoms with E-state index in [1.54, 1.807) is 0 Å². The van der Waals surface area contributed by atoms with E-state index in [2.05, 4.69) is 65.8 Å². The first-order valence-corrected chi connectivity index (χ1v) is 11.9. The molecule has 4 heteroatoms. The molecule has 30 heavy (non-hydrogen) atoms. The van der Waals surface area contributed by atoms with Crippen LogP contribution in [0.1, 0.15) is 67.2 Å². The average molecular weight is 413 g/mol. The molecule has 6 saturated carbocycles. The Bertz CT molecular complexity index is 765. The third kappa shape index (κ3) is 2.35. The topological polar surface area (TPSA) is 70.5 Å². The van der Waals surface area contributed by atoms with E-state index in [9.17, 15) is 0 Å². The number of fused-ring (bicyclic) bond motifs is 4. The van der Waals surface area contributed by atoms with E-state index in [4.69, 9.17) is 20.9 Å². The van der Waals surface area contributed by atoms with E-state index < -0.39 is 0 Å². The molecule has 8 unspecified atom stereocenters. The lowest BCUT2D eigenvalue weighted by atomic mass is 9.41. The Morgan fingerprint density at radius 3 is 1.30 bits per heavy atom. The van der Waals surface area contributed by atoms with Crippen LogP contribution in [0.25, 0.3) is 0 Å². The van der Waals surface area contributed by atoms with Gasteiger partial charge >= 0.3 is 0 Å². The quantitative estimate of drug-likeness (QED) is 0.749. The maximum absolute atomic E-state index is 6.71. The van der Waals surface area contributed by atoms with Gasteiger partial charge in [-0.2, -0.15) is 0 Å². The highest BCUT2D eigenvalue weighted by Crippen LogP contribution is 2.66. The van der Waals surface area contributed by atoms with E-state index in [-0.39, 0.29) is 22.0 Å². The van der Waals surface area contributed by atoms with Crippen molar-refractivity contribution in [1.29, 1.82) is 0 Å². The highest BCUT2D eigenvalue weighted by Gasteiger charge is 2.70. The van der Waals surface area contributed by atoms with Crippen LogP contribution in [0, 0.1) is 34.5 Å². The summed E-state index contributed by atoms with van der Waals surface area (Å²) in [6.45, 7) is 13.9. The summed E-state index contributed by atoms with van der Waals surface area (Å²) in [6, 6.07) is 8.97. The number of nitrogens with two attached hydrogens (primary N) is 2. The Balaban J connectivity index is 1.33. The molecule has 4 bridgehead atoms. The minimum atomic E-state index is -0.105. The molecular weight excluding hydrogens is 372 g/mol. The van der Waals surface area contributed by atoms with E-state index in [1.807, 2.05) is 0 Å². The SMILES string of the molecule is CC1CC(N)C2CC1(Oc1ccc(OC34CC(C(N)CC3C)C4(C)C)cc1)C2(C)C. The van der Waals surface area contributed by atoms with Crippen molar-refractivity contribution in [1.82, 2.24) is 0 Å². The number of hydrogen-bond donors (Lipinski definition) is 2. The molecular formula is C26H40N2O2. The zero-order chi connectivity index (χ0) is 21.7. The number of ether oxygens (including phenoxy) is 2. The molecule has 0 aliphatic heterocycles. The standard InChI is InChI=1S/C26H40N2O2/c1-15-11-21(27)19-13-25(15,23(19,3)4)29-17-7-9-18(10-8-17)30-26-14-20(24(26,5)6)22(28)12-16(26)2/h7-10,15-16,19-22H,11-14,27-28H2,1-6H3. The lowest BCUT2D eigenvalue weighted by Gasteiger charge is -2.69. The molecule has 7 rings (SSSR count). The number of benzene rings is 1. The maximum Gasteiger partial charge on any atom is 0.120 e. The van der Waals surface area contributed by atoms with Gasteiger partial charge in [0.15, 0.2) is 0 Å². The van der Waals surface area contributed by atoms with Crippen LogP contribution in [0.15, 0.2) is 24.3 Å². The zero-order valence-corrected chi connectivity index (χ0v) is 19.6. The molecule has 0 heterocycles. The normalized spacial score (nSPS) is 47.6. The second kappa shape index (κ2) is 6.16. The fourth-order valence-corrected chi connectivity index (χ4v) is 8.17. The lowest BCUT2D eigenvalue weighted by Crippen LogP contribution is -2.75. The predicted octanol–water partition coefficient (Wildman–Crippen LogP) is 4.75. The zero-order valence-electron chi connectivity index (χ0n) is 19.6. The summed E-state index contributed by atoms with van der Waals surface area (Å²) in [6.07, 6.45) is 4.23. The maximum atomic E-state index is 6.71. The summed E-state index contributed by atoms with van der Waals surface area (Å²) in [5, 5.41) is 0. The van der Waals surface area contributed by atoms with Crippen molar-refractivity contribution in [2.45, 2.75) is 90.5 Å². The molecule has 4 nitrogen and oxygen atoms in total. The Morgan fingerprint density at radius 2 is 1.03 bits per heavy atom. The molecule has 6 fully saturated rings. The van der Waals surface area contributed by atoms with Gasteiger partial charge < -0.3 is 20.9 Å². The average Bonchev–Trinajstić information content (AvgIpc) is 2.66. The minimum Gasteiger partial charge on any atom is -0.486 e. The minimum absolute atomic E-state index is 0.105. The van der Waals surface area contributed by atoms with Crippen molar-refractivity contribution < 1.29 is 9.47 Å². The lowest BCUT2D eigenvalue weighted by molar-refractivity contribution is -0.242. The van der Waals surface area contributed by atoms with Crippen LogP contribution in [-0.4, -0.2) is 23.3 Å². The first kappa shape index (κ1) is 20.6. The van der Waals surface area contributed by atoms with Crippen molar-refractivity contribution in [3.05, 3.63) is 24.3 Å². The highest BCUT2D eigenvalue weighted by atomic mass is 16.5. The van der Waals surface area contributed by atoms with Gasteiger partial charge in [-0.1, -0.05) is 41.5 Å². The highest BCUT2D eigenvalue weighted by molar-refractivity contribution is 5.35. The van der Waals surface area contributed by atoms with Crippen LogP contribution in [0.5, 0.6) is 11.5 Å². The van der Waals surface area contributed by atoms with Crippen molar-refractivity contribution in [2.24, 2.45) is 46.0 Å². The first-order chi connectivity index (χ1) is 13.9.